The van der Waals surface area contributed by atoms with E-state index in [1.807, 2.05) is 30.0 Å². The smallest absolute Gasteiger partial charge is 0.227 e. The number of likely N-dealkylation sites (tertiary alicyclic amines) is 1. The molecule has 1 aliphatic heterocycles. The van der Waals surface area contributed by atoms with Gasteiger partial charge in [0.2, 0.25) is 5.91 Å². The van der Waals surface area contributed by atoms with Crippen LogP contribution in [0.1, 0.15) is 50.5 Å². The molecule has 2 aromatic rings. The van der Waals surface area contributed by atoms with Gasteiger partial charge in [0.1, 0.15) is 5.52 Å². The lowest BCUT2D eigenvalue weighted by Crippen LogP contribution is -2.39. The fourth-order valence-electron chi connectivity index (χ4n) is 3.50. The van der Waals surface area contributed by atoms with Crippen molar-refractivity contribution in [2.24, 2.45) is 5.92 Å². The van der Waals surface area contributed by atoms with Gasteiger partial charge in [-0.1, -0.05) is 38.3 Å². The minimum Gasteiger partial charge on any atom is -0.441 e. The van der Waals surface area contributed by atoms with Crippen molar-refractivity contribution in [1.29, 1.82) is 0 Å². The Morgan fingerprint density at radius 2 is 2.13 bits per heavy atom. The number of aromatic nitrogens is 1. The molecule has 0 atom stereocenters. The Hall–Kier alpha value is -1.84. The fraction of sp³-hybridized carbons (Fsp3) is 0.579. The van der Waals surface area contributed by atoms with Gasteiger partial charge < -0.3 is 9.32 Å². The summed E-state index contributed by atoms with van der Waals surface area (Å²) in [7, 11) is 0. The van der Waals surface area contributed by atoms with Gasteiger partial charge in [-0.05, 0) is 30.4 Å². The summed E-state index contributed by atoms with van der Waals surface area (Å²) in [4.78, 5) is 19.0. The van der Waals surface area contributed by atoms with Crippen LogP contribution < -0.4 is 0 Å². The van der Waals surface area contributed by atoms with Crippen LogP contribution in [0.15, 0.2) is 22.6 Å². The van der Waals surface area contributed by atoms with Crippen molar-refractivity contribution in [3.05, 3.63) is 29.7 Å². The molecule has 1 amide bonds. The minimum atomic E-state index is 0.215. The molecule has 0 aliphatic carbocycles. The molecule has 2 heterocycles. The first-order valence-electron chi connectivity index (χ1n) is 8.80. The van der Waals surface area contributed by atoms with Crippen LogP contribution in [-0.2, 0) is 11.2 Å². The summed E-state index contributed by atoms with van der Waals surface area (Å²) in [6, 6.07) is 5.82. The van der Waals surface area contributed by atoms with Crippen molar-refractivity contribution in [3.8, 4) is 0 Å². The number of hydrogen-bond donors (Lipinski definition) is 0. The first-order valence-corrected chi connectivity index (χ1v) is 8.80. The number of benzene rings is 1. The van der Waals surface area contributed by atoms with E-state index in [-0.39, 0.29) is 5.91 Å². The Labute approximate surface area is 137 Å². The Balaban J connectivity index is 1.61. The summed E-state index contributed by atoms with van der Waals surface area (Å²) in [5.41, 5.74) is 2.57. The topological polar surface area (TPSA) is 46.3 Å². The number of fused-ring (bicyclic) bond motifs is 1. The molecule has 1 aromatic carbocycles. The van der Waals surface area contributed by atoms with E-state index in [1.54, 1.807) is 0 Å². The number of para-hydroxylation sites is 1. The maximum atomic E-state index is 12.6. The summed E-state index contributed by atoms with van der Waals surface area (Å²) in [5, 5.41) is 0. The molecule has 0 N–H and O–H groups in total. The van der Waals surface area contributed by atoms with E-state index in [9.17, 15) is 4.79 Å². The van der Waals surface area contributed by atoms with Crippen LogP contribution in [0.3, 0.4) is 0 Å². The molecule has 0 bridgehead atoms. The molecule has 4 nitrogen and oxygen atoms in total. The Kier molecular flexibility index (Phi) is 4.99. The van der Waals surface area contributed by atoms with Crippen molar-refractivity contribution < 1.29 is 9.21 Å². The fourth-order valence-corrected chi connectivity index (χ4v) is 3.50. The standard InChI is InChI=1S/C19H26N2O2/c1-3-4-6-15-9-11-21(12-10-15)18(22)13-16-7-5-8-17-19(16)20-14(2)23-17/h5,7-8,15H,3-4,6,9-13H2,1-2H3. The number of rotatable bonds is 5. The monoisotopic (exact) mass is 314 g/mol. The van der Waals surface area contributed by atoms with Gasteiger partial charge in [-0.2, -0.15) is 0 Å². The maximum Gasteiger partial charge on any atom is 0.227 e. The summed E-state index contributed by atoms with van der Waals surface area (Å²) in [6.45, 7) is 5.89. The van der Waals surface area contributed by atoms with Gasteiger partial charge in [-0.25, -0.2) is 4.98 Å². The third-order valence-corrected chi connectivity index (χ3v) is 4.88. The van der Waals surface area contributed by atoms with E-state index in [1.165, 1.54) is 19.3 Å². The van der Waals surface area contributed by atoms with Gasteiger partial charge in [0.25, 0.3) is 0 Å². The average molecular weight is 314 g/mol. The van der Waals surface area contributed by atoms with Crippen LogP contribution in [0.2, 0.25) is 0 Å². The third-order valence-electron chi connectivity index (χ3n) is 4.88. The molecule has 1 aromatic heterocycles. The van der Waals surface area contributed by atoms with E-state index in [2.05, 4.69) is 11.9 Å². The average Bonchev–Trinajstić information content (AvgIpc) is 2.94. The highest BCUT2D eigenvalue weighted by Crippen LogP contribution is 2.24. The van der Waals surface area contributed by atoms with Gasteiger partial charge in [-0.15, -0.1) is 0 Å². The zero-order chi connectivity index (χ0) is 16.2. The molecule has 0 unspecified atom stereocenters. The normalized spacial score (nSPS) is 16.2. The Morgan fingerprint density at radius 1 is 1.35 bits per heavy atom. The lowest BCUT2D eigenvalue weighted by molar-refractivity contribution is -0.131. The number of unbranched alkanes of at least 4 members (excludes halogenated alkanes) is 1. The van der Waals surface area contributed by atoms with Crippen LogP contribution in [0.25, 0.3) is 11.1 Å². The lowest BCUT2D eigenvalue weighted by atomic mass is 9.91. The number of piperidine rings is 1. The summed E-state index contributed by atoms with van der Waals surface area (Å²) in [5.74, 6) is 1.67. The van der Waals surface area contributed by atoms with Crippen molar-refractivity contribution in [3.63, 3.8) is 0 Å². The Bertz CT molecular complexity index is 669. The summed E-state index contributed by atoms with van der Waals surface area (Å²) >= 11 is 0. The Morgan fingerprint density at radius 3 is 2.87 bits per heavy atom. The molecule has 0 radical (unpaired) electrons. The van der Waals surface area contributed by atoms with Gasteiger partial charge in [0.15, 0.2) is 11.5 Å². The van der Waals surface area contributed by atoms with E-state index in [0.29, 0.717) is 12.3 Å². The maximum absolute atomic E-state index is 12.6. The first-order chi connectivity index (χ1) is 11.2. The number of carbonyl (C=O) groups is 1. The molecule has 1 aliphatic rings. The molecular formula is C19H26N2O2. The van der Waals surface area contributed by atoms with Gasteiger partial charge in [0.05, 0.1) is 6.42 Å². The lowest BCUT2D eigenvalue weighted by Gasteiger charge is -2.32. The predicted octanol–water partition coefficient (Wildman–Crippen LogP) is 4.11. The number of aryl methyl sites for hydroxylation is 1. The molecular weight excluding hydrogens is 288 g/mol. The molecule has 1 fully saturated rings. The van der Waals surface area contributed by atoms with Crippen LogP contribution >= 0.6 is 0 Å². The second-order valence-corrected chi connectivity index (χ2v) is 6.64. The molecule has 23 heavy (non-hydrogen) atoms. The summed E-state index contributed by atoms with van der Waals surface area (Å²) in [6.07, 6.45) is 6.61. The largest absolute Gasteiger partial charge is 0.441 e. The van der Waals surface area contributed by atoms with Crippen LogP contribution in [0, 0.1) is 12.8 Å². The molecule has 4 heteroatoms. The van der Waals surface area contributed by atoms with Crippen LogP contribution in [0.5, 0.6) is 0 Å². The second kappa shape index (κ2) is 7.16. The van der Waals surface area contributed by atoms with Crippen LogP contribution in [-0.4, -0.2) is 28.9 Å². The number of carbonyl (C=O) groups excluding carboxylic acids is 1. The van der Waals surface area contributed by atoms with E-state index >= 15 is 0 Å². The molecule has 0 saturated carbocycles. The quantitative estimate of drug-likeness (QED) is 0.834. The highest BCUT2D eigenvalue weighted by molar-refractivity contribution is 5.85. The van der Waals surface area contributed by atoms with Crippen LogP contribution in [0.4, 0.5) is 0 Å². The van der Waals surface area contributed by atoms with Crippen molar-refractivity contribution in [2.45, 2.75) is 52.4 Å². The predicted molar refractivity (Wildman–Crippen MR) is 91.3 cm³/mol. The molecule has 0 spiro atoms. The highest BCUT2D eigenvalue weighted by atomic mass is 16.3. The minimum absolute atomic E-state index is 0.215. The van der Waals surface area contributed by atoms with E-state index < -0.39 is 0 Å². The number of oxazole rings is 1. The van der Waals surface area contributed by atoms with Gasteiger partial charge >= 0.3 is 0 Å². The number of amides is 1. The van der Waals surface area contributed by atoms with E-state index in [4.69, 9.17) is 4.42 Å². The van der Waals surface area contributed by atoms with E-state index in [0.717, 1.165) is 48.5 Å². The second-order valence-electron chi connectivity index (χ2n) is 6.64. The van der Waals surface area contributed by atoms with Crippen molar-refractivity contribution in [2.75, 3.05) is 13.1 Å². The molecule has 124 valence electrons. The number of nitrogens with zero attached hydrogens (tertiary/aromatic N) is 2. The highest BCUT2D eigenvalue weighted by Gasteiger charge is 2.23. The molecule has 1 saturated heterocycles. The number of hydrogen-bond acceptors (Lipinski definition) is 3. The summed E-state index contributed by atoms with van der Waals surface area (Å²) < 4.78 is 5.55. The van der Waals surface area contributed by atoms with Crippen molar-refractivity contribution in [1.82, 2.24) is 9.88 Å². The van der Waals surface area contributed by atoms with Gasteiger partial charge in [0, 0.05) is 20.0 Å². The zero-order valence-corrected chi connectivity index (χ0v) is 14.2. The first kappa shape index (κ1) is 16.0. The third kappa shape index (κ3) is 3.74. The van der Waals surface area contributed by atoms with Crippen molar-refractivity contribution >= 4 is 17.0 Å². The molecule has 3 rings (SSSR count). The zero-order valence-electron chi connectivity index (χ0n) is 14.2. The SMILES string of the molecule is CCCCC1CCN(C(=O)Cc2cccc3oc(C)nc23)CC1. The van der Waals surface area contributed by atoms with Gasteiger partial charge in [-0.3, -0.25) is 4.79 Å².